The standard InChI is InChI=1S/C14H26N2O3.ClH/c1-19-7-6-14(4-2-3-5-14)10-16-13(18)12-8-11(17)9-15-12;/h11-12,15,17H,2-10H2,1H3,(H,16,18);1H. The molecule has 1 saturated heterocycles. The minimum atomic E-state index is -0.385. The molecule has 5 nitrogen and oxygen atoms in total. The predicted octanol–water partition coefficient (Wildman–Crippen LogP) is 0.844. The molecule has 20 heavy (non-hydrogen) atoms. The summed E-state index contributed by atoms with van der Waals surface area (Å²) in [7, 11) is 1.73. The van der Waals surface area contributed by atoms with Gasteiger partial charge < -0.3 is 20.5 Å². The van der Waals surface area contributed by atoms with Gasteiger partial charge in [-0.05, 0) is 31.1 Å². The molecular formula is C14H27ClN2O3. The summed E-state index contributed by atoms with van der Waals surface area (Å²) in [5.41, 5.74) is 0.225. The number of aliphatic hydroxyl groups excluding tert-OH is 1. The number of hydrogen-bond acceptors (Lipinski definition) is 4. The summed E-state index contributed by atoms with van der Waals surface area (Å²) in [6.07, 6.45) is 6.01. The third-order valence-corrected chi connectivity index (χ3v) is 4.56. The van der Waals surface area contributed by atoms with Gasteiger partial charge in [0.2, 0.25) is 5.91 Å². The second-order valence-electron chi connectivity index (χ2n) is 6.02. The molecule has 0 bridgehead atoms. The van der Waals surface area contributed by atoms with Gasteiger partial charge >= 0.3 is 0 Å². The Morgan fingerprint density at radius 3 is 2.70 bits per heavy atom. The van der Waals surface area contributed by atoms with Gasteiger partial charge in [0.15, 0.2) is 0 Å². The van der Waals surface area contributed by atoms with Crippen LogP contribution in [0, 0.1) is 5.41 Å². The van der Waals surface area contributed by atoms with Crippen molar-refractivity contribution in [2.75, 3.05) is 26.8 Å². The first kappa shape index (κ1) is 17.7. The molecule has 118 valence electrons. The van der Waals surface area contributed by atoms with Crippen molar-refractivity contribution in [3.8, 4) is 0 Å². The molecule has 0 radical (unpaired) electrons. The zero-order chi connectivity index (χ0) is 13.7. The average molecular weight is 307 g/mol. The topological polar surface area (TPSA) is 70.6 Å². The van der Waals surface area contributed by atoms with E-state index in [9.17, 15) is 9.90 Å². The predicted molar refractivity (Wildman–Crippen MR) is 80.1 cm³/mol. The Bertz CT molecular complexity index is 309. The van der Waals surface area contributed by atoms with Crippen LogP contribution in [0.3, 0.4) is 0 Å². The van der Waals surface area contributed by atoms with Crippen molar-refractivity contribution in [1.82, 2.24) is 10.6 Å². The van der Waals surface area contributed by atoms with Crippen molar-refractivity contribution in [2.45, 2.75) is 50.7 Å². The Morgan fingerprint density at radius 2 is 2.15 bits per heavy atom. The lowest BCUT2D eigenvalue weighted by molar-refractivity contribution is -0.123. The van der Waals surface area contributed by atoms with Crippen LogP contribution in [0.4, 0.5) is 0 Å². The number of β-amino-alcohol motifs (C(OH)–C–C–N with tert-alkyl or cyclic N) is 1. The highest BCUT2D eigenvalue weighted by molar-refractivity contribution is 5.85. The second kappa shape index (κ2) is 8.17. The first-order chi connectivity index (χ1) is 9.15. The maximum atomic E-state index is 12.0. The highest BCUT2D eigenvalue weighted by Gasteiger charge is 2.35. The molecule has 1 heterocycles. The second-order valence-corrected chi connectivity index (χ2v) is 6.02. The lowest BCUT2D eigenvalue weighted by atomic mass is 9.83. The molecule has 2 atom stereocenters. The highest BCUT2D eigenvalue weighted by atomic mass is 35.5. The van der Waals surface area contributed by atoms with Crippen LogP contribution in [0.5, 0.6) is 0 Å². The van der Waals surface area contributed by atoms with E-state index in [0.29, 0.717) is 13.0 Å². The van der Waals surface area contributed by atoms with E-state index in [4.69, 9.17) is 4.74 Å². The van der Waals surface area contributed by atoms with E-state index in [1.54, 1.807) is 7.11 Å². The quantitative estimate of drug-likeness (QED) is 0.680. The molecule has 1 amide bonds. The van der Waals surface area contributed by atoms with Crippen LogP contribution in [-0.2, 0) is 9.53 Å². The van der Waals surface area contributed by atoms with Gasteiger partial charge in [0.05, 0.1) is 12.1 Å². The van der Waals surface area contributed by atoms with Gasteiger partial charge in [0.25, 0.3) is 0 Å². The first-order valence-corrected chi connectivity index (χ1v) is 7.33. The Kier molecular flexibility index (Phi) is 7.23. The smallest absolute Gasteiger partial charge is 0.237 e. The number of methoxy groups -OCH3 is 1. The van der Waals surface area contributed by atoms with Crippen molar-refractivity contribution in [3.05, 3.63) is 0 Å². The van der Waals surface area contributed by atoms with E-state index in [-0.39, 0.29) is 35.9 Å². The van der Waals surface area contributed by atoms with E-state index in [0.717, 1.165) is 19.6 Å². The van der Waals surface area contributed by atoms with E-state index in [2.05, 4.69) is 10.6 Å². The molecule has 1 aliphatic carbocycles. The summed E-state index contributed by atoms with van der Waals surface area (Å²) >= 11 is 0. The SMILES string of the molecule is COCCC1(CNC(=O)C2CC(O)CN2)CCCC1.Cl. The summed E-state index contributed by atoms with van der Waals surface area (Å²) in [6, 6.07) is -0.226. The van der Waals surface area contributed by atoms with Crippen molar-refractivity contribution in [3.63, 3.8) is 0 Å². The molecule has 3 N–H and O–H groups in total. The number of amides is 1. The number of hydrogen-bond donors (Lipinski definition) is 3. The number of carbonyl (C=O) groups is 1. The Morgan fingerprint density at radius 1 is 1.45 bits per heavy atom. The minimum Gasteiger partial charge on any atom is -0.392 e. The molecule has 2 rings (SSSR count). The molecule has 0 aromatic rings. The van der Waals surface area contributed by atoms with Gasteiger partial charge in [-0.15, -0.1) is 12.4 Å². The molecule has 0 aromatic heterocycles. The van der Waals surface area contributed by atoms with Gasteiger partial charge in [-0.3, -0.25) is 4.79 Å². The number of halogens is 1. The van der Waals surface area contributed by atoms with Crippen LogP contribution >= 0.6 is 12.4 Å². The first-order valence-electron chi connectivity index (χ1n) is 7.33. The zero-order valence-corrected chi connectivity index (χ0v) is 13.0. The Hall–Kier alpha value is -0.360. The molecule has 2 fully saturated rings. The molecule has 2 unspecified atom stereocenters. The normalized spacial score (nSPS) is 28.1. The number of nitrogens with one attached hydrogen (secondary N) is 2. The fourth-order valence-electron chi connectivity index (χ4n) is 3.27. The average Bonchev–Trinajstić information content (AvgIpc) is 3.03. The van der Waals surface area contributed by atoms with Crippen LogP contribution in [0.15, 0.2) is 0 Å². The van der Waals surface area contributed by atoms with E-state index in [1.807, 2.05) is 0 Å². The molecule has 2 aliphatic rings. The Balaban J connectivity index is 0.00000200. The van der Waals surface area contributed by atoms with Crippen molar-refractivity contribution >= 4 is 18.3 Å². The van der Waals surface area contributed by atoms with Crippen LogP contribution < -0.4 is 10.6 Å². The fraction of sp³-hybridized carbons (Fsp3) is 0.929. The van der Waals surface area contributed by atoms with E-state index >= 15 is 0 Å². The summed E-state index contributed by atoms with van der Waals surface area (Å²) in [5, 5.41) is 15.6. The monoisotopic (exact) mass is 306 g/mol. The van der Waals surface area contributed by atoms with Crippen LogP contribution in [-0.4, -0.2) is 50.0 Å². The summed E-state index contributed by atoms with van der Waals surface area (Å²) in [6.45, 7) is 2.02. The largest absolute Gasteiger partial charge is 0.392 e. The number of aliphatic hydroxyl groups is 1. The van der Waals surface area contributed by atoms with E-state index < -0.39 is 0 Å². The highest BCUT2D eigenvalue weighted by Crippen LogP contribution is 2.40. The number of ether oxygens (including phenoxy) is 1. The fourth-order valence-corrected chi connectivity index (χ4v) is 3.27. The van der Waals surface area contributed by atoms with Gasteiger partial charge in [-0.2, -0.15) is 0 Å². The van der Waals surface area contributed by atoms with Gasteiger partial charge in [-0.25, -0.2) is 0 Å². The van der Waals surface area contributed by atoms with Crippen molar-refractivity contribution in [2.24, 2.45) is 5.41 Å². The lowest BCUT2D eigenvalue weighted by Crippen LogP contribution is -2.44. The van der Waals surface area contributed by atoms with Gasteiger partial charge in [0, 0.05) is 26.8 Å². The molecule has 1 aliphatic heterocycles. The van der Waals surface area contributed by atoms with Crippen molar-refractivity contribution < 1.29 is 14.6 Å². The summed E-state index contributed by atoms with van der Waals surface area (Å²) in [5.74, 6) is 0.0280. The summed E-state index contributed by atoms with van der Waals surface area (Å²) < 4.78 is 5.19. The third kappa shape index (κ3) is 4.58. The number of rotatable bonds is 6. The molecular weight excluding hydrogens is 280 g/mol. The van der Waals surface area contributed by atoms with Gasteiger partial charge in [0.1, 0.15) is 0 Å². The van der Waals surface area contributed by atoms with E-state index in [1.165, 1.54) is 25.7 Å². The van der Waals surface area contributed by atoms with Crippen LogP contribution in [0.1, 0.15) is 38.5 Å². The van der Waals surface area contributed by atoms with Crippen LogP contribution in [0.25, 0.3) is 0 Å². The Labute approximate surface area is 127 Å². The molecule has 6 heteroatoms. The summed E-state index contributed by atoms with van der Waals surface area (Å²) in [4.78, 5) is 12.0. The maximum Gasteiger partial charge on any atom is 0.237 e. The van der Waals surface area contributed by atoms with Crippen molar-refractivity contribution in [1.29, 1.82) is 0 Å². The number of carbonyl (C=O) groups excluding carboxylic acids is 1. The zero-order valence-electron chi connectivity index (χ0n) is 12.2. The molecule has 0 spiro atoms. The minimum absolute atomic E-state index is 0. The molecule has 1 saturated carbocycles. The van der Waals surface area contributed by atoms with Gasteiger partial charge in [-0.1, -0.05) is 12.8 Å². The lowest BCUT2D eigenvalue weighted by Gasteiger charge is -2.29. The van der Waals surface area contributed by atoms with Crippen LogP contribution in [0.2, 0.25) is 0 Å². The molecule has 0 aromatic carbocycles. The third-order valence-electron chi connectivity index (χ3n) is 4.56. The maximum absolute atomic E-state index is 12.0.